The molecule has 0 aromatic carbocycles. The lowest BCUT2D eigenvalue weighted by atomic mass is 9.85. The predicted molar refractivity (Wildman–Crippen MR) is 142 cm³/mol. The van der Waals surface area contributed by atoms with E-state index in [2.05, 4.69) is 25.3 Å². The average Bonchev–Trinajstić information content (AvgIpc) is 3.35. The van der Waals surface area contributed by atoms with Gasteiger partial charge in [0.25, 0.3) is 11.4 Å². The van der Waals surface area contributed by atoms with Crippen LogP contribution in [0.25, 0.3) is 16.8 Å². The second-order valence-corrected chi connectivity index (χ2v) is 11.7. The molecule has 7 rings (SSSR count). The molecule has 3 atom stereocenters. The van der Waals surface area contributed by atoms with E-state index in [1.165, 1.54) is 17.0 Å². The van der Waals surface area contributed by atoms with Gasteiger partial charge in [-0.3, -0.25) is 14.9 Å². The van der Waals surface area contributed by atoms with Crippen LogP contribution in [-0.2, 0) is 5.54 Å². The number of nitrogens with two attached hydrogens (primary N) is 2. The molecule has 1 unspecified atom stereocenters. The van der Waals surface area contributed by atoms with Crippen LogP contribution in [0.15, 0.2) is 30.9 Å². The number of anilines is 1. The zero-order valence-corrected chi connectivity index (χ0v) is 22.9. The van der Waals surface area contributed by atoms with E-state index in [9.17, 15) is 31.1 Å². The van der Waals surface area contributed by atoms with Gasteiger partial charge in [-0.15, -0.1) is 0 Å². The number of amides is 1. The SMILES string of the molecule is Nc1c(C2CC2)c(C2C[C@H]3CC[C@@H](C2)N3C(=O)c2ncn[nH]2)nc2c(-c3ccc(C(N)(C(F)(F)F)C(F)(F)F)nc3)cnn12. The number of fused-ring (bicyclic) bond motifs is 3. The van der Waals surface area contributed by atoms with Gasteiger partial charge in [0.2, 0.25) is 5.82 Å². The first-order chi connectivity index (χ1) is 20.8. The molecule has 3 aliphatic rings. The molecule has 11 nitrogen and oxygen atoms in total. The number of nitrogens with one attached hydrogen (secondary N) is 1. The van der Waals surface area contributed by atoms with Crippen molar-refractivity contribution in [2.75, 3.05) is 5.73 Å². The van der Waals surface area contributed by atoms with Gasteiger partial charge < -0.3 is 16.4 Å². The number of alkyl halides is 6. The van der Waals surface area contributed by atoms with E-state index in [1.54, 1.807) is 0 Å². The van der Waals surface area contributed by atoms with Crippen LogP contribution in [0.2, 0.25) is 0 Å². The van der Waals surface area contributed by atoms with Crippen molar-refractivity contribution in [2.24, 2.45) is 5.73 Å². The maximum atomic E-state index is 13.5. The van der Waals surface area contributed by atoms with Crippen molar-refractivity contribution in [3.05, 3.63) is 53.6 Å². The van der Waals surface area contributed by atoms with Gasteiger partial charge >= 0.3 is 12.4 Å². The van der Waals surface area contributed by atoms with Gasteiger partial charge in [-0.1, -0.05) is 6.07 Å². The summed E-state index contributed by atoms with van der Waals surface area (Å²) in [6, 6.07) is 1.62. The summed E-state index contributed by atoms with van der Waals surface area (Å²) in [5, 5.41) is 10.8. The minimum atomic E-state index is -5.83. The lowest BCUT2D eigenvalue weighted by molar-refractivity contribution is -0.303. The molecule has 232 valence electrons. The number of nitrogens with zero attached hydrogens (tertiary/aromatic N) is 7. The Labute approximate surface area is 245 Å². The molecule has 4 aromatic rings. The number of H-pyrrole nitrogens is 1. The summed E-state index contributed by atoms with van der Waals surface area (Å²) in [4.78, 5) is 27.5. The molecule has 0 spiro atoms. The number of pyridine rings is 1. The van der Waals surface area contributed by atoms with Crippen molar-refractivity contribution in [2.45, 2.75) is 80.3 Å². The lowest BCUT2D eigenvalue weighted by Gasteiger charge is -2.39. The highest BCUT2D eigenvalue weighted by molar-refractivity contribution is 5.91. The van der Waals surface area contributed by atoms with Crippen LogP contribution in [0.4, 0.5) is 32.2 Å². The molecule has 44 heavy (non-hydrogen) atoms. The Kier molecular flexibility index (Phi) is 6.22. The van der Waals surface area contributed by atoms with Crippen LogP contribution < -0.4 is 11.5 Å². The summed E-state index contributed by atoms with van der Waals surface area (Å²) in [7, 11) is 0. The van der Waals surface area contributed by atoms with Gasteiger partial charge in [0.05, 0.1) is 17.6 Å². The molecule has 3 fully saturated rings. The number of carbonyl (C=O) groups excluding carboxylic acids is 1. The van der Waals surface area contributed by atoms with Gasteiger partial charge in [0, 0.05) is 40.9 Å². The zero-order valence-electron chi connectivity index (χ0n) is 22.9. The fraction of sp³-hybridized carbons (Fsp3) is 0.481. The molecule has 5 N–H and O–H groups in total. The maximum Gasteiger partial charge on any atom is 0.421 e. The molecular formula is C27H26F6N10O. The monoisotopic (exact) mass is 620 g/mol. The summed E-state index contributed by atoms with van der Waals surface area (Å²) in [5.41, 5.74) is 8.03. The molecule has 0 radical (unpaired) electrons. The largest absolute Gasteiger partial charge is 0.421 e. The standard InChI is InChI=1S/C27H26F6N10O/c28-26(29,30)25(35,27(31,32)33)18-6-3-13(9-36-18)17-10-39-43-21(34)19(12-1-2-12)20(40-23(17)43)14-7-15-4-5-16(8-14)42(15)24(44)22-37-11-38-41-22/h3,6,9-12,14-16H,1-2,4-5,7-8,34-35H2,(H,37,38,41)/t14?,15-,16+. The number of aromatic amines is 1. The molecule has 1 aliphatic carbocycles. The molecular weight excluding hydrogens is 594 g/mol. The van der Waals surface area contributed by atoms with Gasteiger partial charge in [-0.05, 0) is 50.5 Å². The highest BCUT2D eigenvalue weighted by Gasteiger charge is 2.70. The quantitative estimate of drug-likeness (QED) is 0.280. The fourth-order valence-electron chi connectivity index (χ4n) is 6.75. The third kappa shape index (κ3) is 4.22. The van der Waals surface area contributed by atoms with E-state index < -0.39 is 23.6 Å². The number of hydrogen-bond donors (Lipinski definition) is 3. The van der Waals surface area contributed by atoms with Crippen molar-refractivity contribution >= 4 is 17.4 Å². The Hall–Kier alpha value is -4.28. The van der Waals surface area contributed by atoms with Crippen molar-refractivity contribution in [3.63, 3.8) is 0 Å². The molecule has 2 saturated heterocycles. The number of carbonyl (C=O) groups is 1. The van der Waals surface area contributed by atoms with Crippen LogP contribution in [0.5, 0.6) is 0 Å². The van der Waals surface area contributed by atoms with Gasteiger partial charge in [0.1, 0.15) is 12.1 Å². The van der Waals surface area contributed by atoms with E-state index in [4.69, 9.17) is 16.5 Å². The molecule has 2 bridgehead atoms. The minimum Gasteiger partial charge on any atom is -0.383 e. The van der Waals surface area contributed by atoms with Gasteiger partial charge in [-0.2, -0.15) is 41.1 Å². The lowest BCUT2D eigenvalue weighted by Crippen LogP contribution is -2.61. The first kappa shape index (κ1) is 28.5. The number of halogens is 6. The third-order valence-corrected chi connectivity index (χ3v) is 9.08. The van der Waals surface area contributed by atoms with Crippen molar-refractivity contribution in [1.29, 1.82) is 0 Å². The Balaban J connectivity index is 1.26. The average molecular weight is 621 g/mol. The summed E-state index contributed by atoms with van der Waals surface area (Å²) in [6.45, 7) is 0. The third-order valence-electron chi connectivity index (χ3n) is 9.08. The normalized spacial score (nSPS) is 22.6. The predicted octanol–water partition coefficient (Wildman–Crippen LogP) is 4.20. The molecule has 1 amide bonds. The van der Waals surface area contributed by atoms with E-state index in [0.717, 1.165) is 49.2 Å². The minimum absolute atomic E-state index is 0.0335. The summed E-state index contributed by atoms with van der Waals surface area (Å²) >= 11 is 0. The molecule has 4 aromatic heterocycles. The number of piperidine rings is 1. The van der Waals surface area contributed by atoms with Crippen LogP contribution in [0, 0.1) is 0 Å². The summed E-state index contributed by atoms with van der Waals surface area (Å²) in [6.07, 6.45) is -3.27. The topological polar surface area (TPSA) is 157 Å². The van der Waals surface area contributed by atoms with Gasteiger partial charge in [-0.25, -0.2) is 9.97 Å². The number of nitrogen functional groups attached to an aromatic ring is 1. The number of rotatable bonds is 5. The van der Waals surface area contributed by atoms with Gasteiger partial charge in [0.15, 0.2) is 5.65 Å². The highest BCUT2D eigenvalue weighted by atomic mass is 19.4. The Bertz CT molecular complexity index is 1700. The summed E-state index contributed by atoms with van der Waals surface area (Å²) < 4.78 is 82.4. The first-order valence-corrected chi connectivity index (χ1v) is 14.0. The smallest absolute Gasteiger partial charge is 0.383 e. The highest BCUT2D eigenvalue weighted by Crippen LogP contribution is 2.51. The zero-order chi connectivity index (χ0) is 31.2. The Morgan fingerprint density at radius 1 is 0.932 bits per heavy atom. The number of aromatic nitrogens is 7. The number of hydrogen-bond acceptors (Lipinski definition) is 8. The van der Waals surface area contributed by atoms with E-state index in [-0.39, 0.29) is 41.2 Å². The Morgan fingerprint density at radius 2 is 1.61 bits per heavy atom. The maximum absolute atomic E-state index is 13.5. The van der Waals surface area contributed by atoms with Crippen molar-refractivity contribution in [1.82, 2.24) is 39.7 Å². The van der Waals surface area contributed by atoms with E-state index in [1.807, 2.05) is 4.90 Å². The van der Waals surface area contributed by atoms with Crippen LogP contribution >= 0.6 is 0 Å². The van der Waals surface area contributed by atoms with Crippen LogP contribution in [-0.4, -0.2) is 70.0 Å². The van der Waals surface area contributed by atoms with Crippen molar-refractivity contribution < 1.29 is 31.1 Å². The second kappa shape index (κ2) is 9.61. The van der Waals surface area contributed by atoms with Crippen molar-refractivity contribution in [3.8, 4) is 11.1 Å². The Morgan fingerprint density at radius 3 is 2.16 bits per heavy atom. The van der Waals surface area contributed by atoms with Crippen LogP contribution in [0.3, 0.4) is 0 Å². The molecule has 1 saturated carbocycles. The first-order valence-electron chi connectivity index (χ1n) is 14.0. The fourth-order valence-corrected chi connectivity index (χ4v) is 6.75. The molecule has 6 heterocycles. The molecule has 2 aliphatic heterocycles. The summed E-state index contributed by atoms with van der Waals surface area (Å²) in [5.74, 6) is 0.526. The van der Waals surface area contributed by atoms with E-state index in [0.29, 0.717) is 35.9 Å². The van der Waals surface area contributed by atoms with E-state index >= 15 is 0 Å². The molecule has 17 heteroatoms. The second-order valence-electron chi connectivity index (χ2n) is 11.7. The van der Waals surface area contributed by atoms with Crippen LogP contribution in [0.1, 0.15) is 77.9 Å².